The van der Waals surface area contributed by atoms with Gasteiger partial charge in [0.2, 0.25) is 0 Å². The first kappa shape index (κ1) is 12.9. The maximum atomic E-state index is 5.92. The number of fused-ring (bicyclic) bond motifs is 1. The molecule has 2 aromatic carbocycles. The summed E-state index contributed by atoms with van der Waals surface area (Å²) in [5.74, 6) is 1.55. The zero-order chi connectivity index (χ0) is 14.1. The molecule has 0 amide bonds. The van der Waals surface area contributed by atoms with Crippen LogP contribution >= 0.6 is 11.6 Å². The molecule has 0 saturated heterocycles. The highest BCUT2D eigenvalue weighted by Crippen LogP contribution is 2.34. The van der Waals surface area contributed by atoms with Crippen molar-refractivity contribution in [3.05, 3.63) is 47.5 Å². The molecule has 0 aliphatic heterocycles. The molecule has 0 unspecified atom stereocenters. The third kappa shape index (κ3) is 2.21. The fourth-order valence-electron chi connectivity index (χ4n) is 2.25. The molecule has 0 aliphatic rings. The van der Waals surface area contributed by atoms with E-state index in [0.29, 0.717) is 0 Å². The summed E-state index contributed by atoms with van der Waals surface area (Å²) in [6, 6.07) is 13.6. The van der Waals surface area contributed by atoms with Gasteiger partial charge in [0, 0.05) is 28.2 Å². The number of H-pyrrole nitrogens is 1. The molecule has 0 radical (unpaired) electrons. The predicted molar refractivity (Wildman–Crippen MR) is 81.8 cm³/mol. The van der Waals surface area contributed by atoms with Crippen molar-refractivity contribution in [3.8, 4) is 22.8 Å². The Hall–Kier alpha value is -2.13. The zero-order valence-electron chi connectivity index (χ0n) is 11.2. The second-order valence-corrected chi connectivity index (χ2v) is 4.92. The van der Waals surface area contributed by atoms with Gasteiger partial charge >= 0.3 is 0 Å². The van der Waals surface area contributed by atoms with E-state index in [1.807, 2.05) is 36.4 Å². The molecule has 1 heterocycles. The van der Waals surface area contributed by atoms with Crippen LogP contribution in [0, 0.1) is 0 Å². The summed E-state index contributed by atoms with van der Waals surface area (Å²) in [6.45, 7) is 0. The molecule has 3 aromatic rings. The Morgan fingerprint density at radius 2 is 1.70 bits per heavy atom. The third-order valence-corrected chi connectivity index (χ3v) is 3.54. The lowest BCUT2D eigenvalue weighted by Gasteiger charge is -2.04. The molecule has 20 heavy (non-hydrogen) atoms. The Bertz CT molecular complexity index is 747. The van der Waals surface area contributed by atoms with Crippen LogP contribution in [-0.4, -0.2) is 19.2 Å². The fraction of sp³-hybridized carbons (Fsp3) is 0.125. The summed E-state index contributed by atoms with van der Waals surface area (Å²) in [6.07, 6.45) is 0. The van der Waals surface area contributed by atoms with Crippen molar-refractivity contribution in [2.75, 3.05) is 14.2 Å². The van der Waals surface area contributed by atoms with Crippen molar-refractivity contribution in [1.82, 2.24) is 4.98 Å². The number of methoxy groups -OCH3 is 2. The summed E-state index contributed by atoms with van der Waals surface area (Å²) < 4.78 is 10.7. The van der Waals surface area contributed by atoms with E-state index in [-0.39, 0.29) is 0 Å². The molecule has 0 fully saturated rings. The molecule has 4 heteroatoms. The molecule has 0 atom stereocenters. The Balaban J connectivity index is 2.16. The molecule has 3 nitrogen and oxygen atoms in total. The minimum atomic E-state index is 0.726. The van der Waals surface area contributed by atoms with Crippen molar-refractivity contribution in [3.63, 3.8) is 0 Å². The van der Waals surface area contributed by atoms with Crippen LogP contribution in [0.15, 0.2) is 42.5 Å². The maximum Gasteiger partial charge on any atom is 0.131 e. The summed E-state index contributed by atoms with van der Waals surface area (Å²) in [4.78, 5) is 3.38. The smallest absolute Gasteiger partial charge is 0.131 e. The van der Waals surface area contributed by atoms with Gasteiger partial charge in [0.15, 0.2) is 0 Å². The van der Waals surface area contributed by atoms with Crippen molar-refractivity contribution in [2.24, 2.45) is 0 Å². The maximum absolute atomic E-state index is 5.92. The molecule has 102 valence electrons. The topological polar surface area (TPSA) is 34.2 Å². The Labute approximate surface area is 122 Å². The van der Waals surface area contributed by atoms with Crippen LogP contribution in [0.4, 0.5) is 0 Å². The number of nitrogens with one attached hydrogen (secondary N) is 1. The normalized spacial score (nSPS) is 10.8. The van der Waals surface area contributed by atoms with Gasteiger partial charge in [-0.1, -0.05) is 23.7 Å². The highest BCUT2D eigenvalue weighted by atomic mass is 35.5. The van der Waals surface area contributed by atoms with Crippen LogP contribution in [0.1, 0.15) is 0 Å². The number of halogens is 1. The number of ether oxygens (including phenoxy) is 2. The van der Waals surface area contributed by atoms with Gasteiger partial charge in [0.1, 0.15) is 11.5 Å². The second-order valence-electron chi connectivity index (χ2n) is 4.48. The van der Waals surface area contributed by atoms with Crippen LogP contribution in [-0.2, 0) is 0 Å². The second kappa shape index (κ2) is 5.10. The lowest BCUT2D eigenvalue weighted by atomic mass is 10.1. The standard InChI is InChI=1S/C16H14ClNO2/c1-19-12-7-15-13(16(8-12)20-2)9-14(18-15)10-3-5-11(17)6-4-10/h3-9,18H,1-2H3. The Morgan fingerprint density at radius 3 is 2.35 bits per heavy atom. The minimum Gasteiger partial charge on any atom is -0.497 e. The molecule has 0 aliphatic carbocycles. The quantitative estimate of drug-likeness (QED) is 0.769. The molecular weight excluding hydrogens is 274 g/mol. The van der Waals surface area contributed by atoms with Gasteiger partial charge in [-0.25, -0.2) is 0 Å². The predicted octanol–water partition coefficient (Wildman–Crippen LogP) is 4.51. The SMILES string of the molecule is COc1cc(OC)c2cc(-c3ccc(Cl)cc3)[nH]c2c1. The van der Waals surface area contributed by atoms with E-state index in [1.54, 1.807) is 14.2 Å². The average Bonchev–Trinajstić information content (AvgIpc) is 2.90. The van der Waals surface area contributed by atoms with Crippen LogP contribution in [0.25, 0.3) is 22.2 Å². The summed E-state index contributed by atoms with van der Waals surface area (Å²) in [5.41, 5.74) is 3.07. The summed E-state index contributed by atoms with van der Waals surface area (Å²) in [7, 11) is 3.30. The summed E-state index contributed by atoms with van der Waals surface area (Å²) >= 11 is 5.92. The highest BCUT2D eigenvalue weighted by molar-refractivity contribution is 6.30. The van der Waals surface area contributed by atoms with Crippen molar-refractivity contribution in [2.45, 2.75) is 0 Å². The van der Waals surface area contributed by atoms with Gasteiger partial charge < -0.3 is 14.5 Å². The molecule has 1 N–H and O–H groups in total. The number of rotatable bonds is 3. The van der Waals surface area contributed by atoms with E-state index in [1.165, 1.54) is 0 Å². The van der Waals surface area contributed by atoms with Gasteiger partial charge in [0.25, 0.3) is 0 Å². The molecule has 1 aromatic heterocycles. The molecule has 0 bridgehead atoms. The van der Waals surface area contributed by atoms with Crippen LogP contribution in [0.5, 0.6) is 11.5 Å². The third-order valence-electron chi connectivity index (χ3n) is 3.28. The number of aromatic amines is 1. The van der Waals surface area contributed by atoms with Crippen molar-refractivity contribution < 1.29 is 9.47 Å². The first-order chi connectivity index (χ1) is 9.71. The number of aromatic nitrogens is 1. The van der Waals surface area contributed by atoms with Crippen molar-refractivity contribution in [1.29, 1.82) is 0 Å². The van der Waals surface area contributed by atoms with E-state index < -0.39 is 0 Å². The molecule has 3 rings (SSSR count). The average molecular weight is 288 g/mol. The van der Waals surface area contributed by atoms with E-state index in [2.05, 4.69) is 11.1 Å². The van der Waals surface area contributed by atoms with Gasteiger partial charge in [-0.3, -0.25) is 0 Å². The van der Waals surface area contributed by atoms with E-state index in [9.17, 15) is 0 Å². The zero-order valence-corrected chi connectivity index (χ0v) is 12.0. The first-order valence-electron chi connectivity index (χ1n) is 6.22. The van der Waals surface area contributed by atoms with Crippen LogP contribution < -0.4 is 9.47 Å². The Kier molecular flexibility index (Phi) is 3.28. The lowest BCUT2D eigenvalue weighted by Crippen LogP contribution is -1.87. The van der Waals surface area contributed by atoms with E-state index in [4.69, 9.17) is 21.1 Å². The largest absolute Gasteiger partial charge is 0.497 e. The highest BCUT2D eigenvalue weighted by Gasteiger charge is 2.10. The van der Waals surface area contributed by atoms with Crippen LogP contribution in [0.2, 0.25) is 5.02 Å². The van der Waals surface area contributed by atoms with E-state index in [0.717, 1.165) is 38.7 Å². The van der Waals surface area contributed by atoms with Crippen LogP contribution in [0.3, 0.4) is 0 Å². The first-order valence-corrected chi connectivity index (χ1v) is 6.60. The minimum absolute atomic E-state index is 0.726. The van der Waals surface area contributed by atoms with E-state index >= 15 is 0 Å². The molecular formula is C16H14ClNO2. The lowest BCUT2D eigenvalue weighted by molar-refractivity contribution is 0.398. The molecule has 0 saturated carbocycles. The van der Waals surface area contributed by atoms with Gasteiger partial charge in [0.05, 0.1) is 19.7 Å². The summed E-state index contributed by atoms with van der Waals surface area (Å²) in [5, 5.41) is 1.75. The van der Waals surface area contributed by atoms with Gasteiger partial charge in [-0.15, -0.1) is 0 Å². The number of benzene rings is 2. The number of hydrogen-bond donors (Lipinski definition) is 1. The fourth-order valence-corrected chi connectivity index (χ4v) is 2.38. The van der Waals surface area contributed by atoms with Gasteiger partial charge in [-0.2, -0.15) is 0 Å². The Morgan fingerprint density at radius 1 is 0.950 bits per heavy atom. The molecule has 0 spiro atoms. The number of hydrogen-bond acceptors (Lipinski definition) is 2. The van der Waals surface area contributed by atoms with Crippen molar-refractivity contribution >= 4 is 22.5 Å². The monoisotopic (exact) mass is 287 g/mol. The van der Waals surface area contributed by atoms with Gasteiger partial charge in [-0.05, 0) is 23.8 Å².